The number of rotatable bonds is 3. The van der Waals surface area contributed by atoms with Crippen LogP contribution in [0.5, 0.6) is 0 Å². The van der Waals surface area contributed by atoms with Gasteiger partial charge in [-0.3, -0.25) is 14.5 Å². The minimum Gasteiger partial charge on any atom is -0.326 e. The summed E-state index contributed by atoms with van der Waals surface area (Å²) in [7, 11) is 1.83. The molecule has 0 radical (unpaired) electrons. The third kappa shape index (κ3) is 2.58. The lowest BCUT2D eigenvalue weighted by atomic mass is 9.78. The summed E-state index contributed by atoms with van der Waals surface area (Å²) in [6.45, 7) is 5.18. The fourth-order valence-corrected chi connectivity index (χ4v) is 5.85. The number of nitrogens with zero attached hydrogens (tertiary/aromatic N) is 2. The summed E-state index contributed by atoms with van der Waals surface area (Å²) in [5.41, 5.74) is 3.06. The van der Waals surface area contributed by atoms with Gasteiger partial charge < -0.3 is 10.2 Å². The van der Waals surface area contributed by atoms with E-state index in [0.29, 0.717) is 5.92 Å². The molecule has 3 aliphatic heterocycles. The van der Waals surface area contributed by atoms with Gasteiger partial charge in [0.15, 0.2) is 0 Å². The van der Waals surface area contributed by atoms with Crippen LogP contribution >= 0.6 is 0 Å². The molecule has 0 aliphatic carbocycles. The Bertz CT molecular complexity index is 1000. The van der Waals surface area contributed by atoms with Crippen molar-refractivity contribution in [2.75, 3.05) is 23.8 Å². The van der Waals surface area contributed by atoms with Gasteiger partial charge in [0, 0.05) is 30.0 Å². The molecule has 3 atom stereocenters. The number of likely N-dealkylation sites (N-methyl/N-ethyl adjacent to an activating group) is 1. The molecular weight excluding hydrogens is 374 g/mol. The number of hydrogen-bond acceptors (Lipinski definition) is 3. The summed E-state index contributed by atoms with van der Waals surface area (Å²) < 4.78 is 0. The average molecular weight is 404 g/mol. The van der Waals surface area contributed by atoms with Gasteiger partial charge >= 0.3 is 0 Å². The van der Waals surface area contributed by atoms with Crippen LogP contribution in [0.1, 0.15) is 50.2 Å². The van der Waals surface area contributed by atoms with Crippen LogP contribution in [0, 0.1) is 5.92 Å². The number of fused-ring (bicyclic) bond motifs is 4. The van der Waals surface area contributed by atoms with E-state index in [0.717, 1.165) is 42.7 Å². The van der Waals surface area contributed by atoms with Gasteiger partial charge in [-0.2, -0.15) is 0 Å². The summed E-state index contributed by atoms with van der Waals surface area (Å²) in [6.07, 6.45) is 2.86. The lowest BCUT2D eigenvalue weighted by molar-refractivity contribution is -0.136. The third-order valence-electron chi connectivity index (χ3n) is 7.31. The van der Waals surface area contributed by atoms with Gasteiger partial charge in [0.05, 0.1) is 5.92 Å². The van der Waals surface area contributed by atoms with E-state index in [1.165, 1.54) is 5.56 Å². The standard InChI is InChI=1S/C25H29N3O2/c1-16(2)17-10-12-18(13-11-17)26-23(29)21-15-19-7-6-14-28(19)25(21)20-8-4-5-9-22(20)27(3)24(25)30/h4-5,8-13,16,19,21H,6-7,14-15H2,1-3H3,(H,26,29)/t19-,21-,25-/m1/s1. The van der Waals surface area contributed by atoms with Crippen LogP contribution in [-0.4, -0.2) is 36.3 Å². The number of amides is 2. The van der Waals surface area contributed by atoms with Crippen molar-refractivity contribution in [2.45, 2.75) is 50.6 Å². The van der Waals surface area contributed by atoms with Crippen LogP contribution in [-0.2, 0) is 15.1 Å². The van der Waals surface area contributed by atoms with E-state index < -0.39 is 11.5 Å². The number of anilines is 2. The van der Waals surface area contributed by atoms with Crippen molar-refractivity contribution < 1.29 is 9.59 Å². The minimum atomic E-state index is -0.880. The Labute approximate surface area is 178 Å². The first-order chi connectivity index (χ1) is 14.4. The zero-order valence-corrected chi connectivity index (χ0v) is 17.9. The Morgan fingerprint density at radius 1 is 1.13 bits per heavy atom. The SMILES string of the molecule is CC(C)c1ccc(NC(=O)[C@H]2C[C@H]3CCCN3[C@@]23C(=O)N(C)c2ccccc23)cc1. The van der Waals surface area contributed by atoms with Crippen molar-refractivity contribution in [3.8, 4) is 0 Å². The molecule has 2 amide bonds. The maximum absolute atomic E-state index is 13.7. The Morgan fingerprint density at radius 3 is 2.60 bits per heavy atom. The first-order valence-electron chi connectivity index (χ1n) is 11.0. The van der Waals surface area contributed by atoms with Crippen molar-refractivity contribution >= 4 is 23.2 Å². The normalized spacial score (nSPS) is 27.7. The predicted molar refractivity (Wildman–Crippen MR) is 119 cm³/mol. The van der Waals surface area contributed by atoms with Crippen LogP contribution in [0.3, 0.4) is 0 Å². The van der Waals surface area contributed by atoms with Crippen LogP contribution < -0.4 is 10.2 Å². The van der Waals surface area contributed by atoms with Gasteiger partial charge in [-0.1, -0.05) is 44.2 Å². The highest BCUT2D eigenvalue weighted by molar-refractivity contribution is 6.11. The zero-order valence-electron chi connectivity index (χ0n) is 17.9. The summed E-state index contributed by atoms with van der Waals surface area (Å²) in [4.78, 5) is 31.4. The van der Waals surface area contributed by atoms with Crippen molar-refractivity contribution in [2.24, 2.45) is 5.92 Å². The Morgan fingerprint density at radius 2 is 1.87 bits per heavy atom. The third-order valence-corrected chi connectivity index (χ3v) is 7.31. The molecule has 156 valence electrons. The molecule has 1 N–H and O–H groups in total. The first-order valence-corrected chi connectivity index (χ1v) is 11.0. The van der Waals surface area contributed by atoms with E-state index in [1.54, 1.807) is 4.90 Å². The largest absolute Gasteiger partial charge is 0.326 e. The summed E-state index contributed by atoms with van der Waals surface area (Å²) in [6, 6.07) is 16.3. The number of para-hydroxylation sites is 1. The molecule has 5 nitrogen and oxygen atoms in total. The molecule has 5 heteroatoms. The van der Waals surface area contributed by atoms with Crippen LogP contribution in [0.25, 0.3) is 0 Å². The van der Waals surface area contributed by atoms with Gasteiger partial charge in [0.2, 0.25) is 5.91 Å². The van der Waals surface area contributed by atoms with Crippen molar-refractivity contribution in [3.05, 3.63) is 59.7 Å². The summed E-state index contributed by atoms with van der Waals surface area (Å²) in [5, 5.41) is 3.12. The smallest absolute Gasteiger partial charge is 0.252 e. The molecule has 30 heavy (non-hydrogen) atoms. The second kappa shape index (κ2) is 6.95. The van der Waals surface area contributed by atoms with Crippen molar-refractivity contribution in [1.29, 1.82) is 0 Å². The van der Waals surface area contributed by atoms with E-state index in [4.69, 9.17) is 0 Å². The Balaban J connectivity index is 1.53. The van der Waals surface area contributed by atoms with E-state index >= 15 is 0 Å². The highest BCUT2D eigenvalue weighted by Crippen LogP contribution is 2.56. The molecule has 3 heterocycles. The van der Waals surface area contributed by atoms with E-state index in [1.807, 2.05) is 43.4 Å². The van der Waals surface area contributed by atoms with Gasteiger partial charge in [-0.05, 0) is 55.5 Å². The van der Waals surface area contributed by atoms with Gasteiger partial charge in [-0.25, -0.2) is 0 Å². The second-order valence-corrected chi connectivity index (χ2v) is 9.19. The molecule has 0 aromatic heterocycles. The van der Waals surface area contributed by atoms with E-state index in [2.05, 4.69) is 36.2 Å². The minimum absolute atomic E-state index is 0.0309. The maximum Gasteiger partial charge on any atom is 0.252 e. The van der Waals surface area contributed by atoms with Crippen LogP contribution in [0.4, 0.5) is 11.4 Å². The molecular formula is C25H29N3O2. The van der Waals surface area contributed by atoms with Gasteiger partial charge in [-0.15, -0.1) is 0 Å². The molecule has 2 aromatic carbocycles. The lowest BCUT2D eigenvalue weighted by Crippen LogP contribution is -2.55. The Hall–Kier alpha value is -2.66. The number of carbonyl (C=O) groups is 2. The highest BCUT2D eigenvalue weighted by Gasteiger charge is 2.66. The quantitative estimate of drug-likeness (QED) is 0.839. The monoisotopic (exact) mass is 403 g/mol. The second-order valence-electron chi connectivity index (χ2n) is 9.19. The van der Waals surface area contributed by atoms with Crippen molar-refractivity contribution in [3.63, 3.8) is 0 Å². The summed E-state index contributed by atoms with van der Waals surface area (Å²) in [5.74, 6) is 0.0258. The van der Waals surface area contributed by atoms with Gasteiger partial charge in [0.1, 0.15) is 5.54 Å². The molecule has 2 saturated heterocycles. The summed E-state index contributed by atoms with van der Waals surface area (Å²) >= 11 is 0. The number of hydrogen-bond donors (Lipinski definition) is 1. The number of carbonyl (C=O) groups excluding carboxylic acids is 2. The van der Waals surface area contributed by atoms with E-state index in [-0.39, 0.29) is 17.9 Å². The molecule has 0 saturated carbocycles. The first kappa shape index (κ1) is 19.3. The van der Waals surface area contributed by atoms with Crippen LogP contribution in [0.2, 0.25) is 0 Å². The number of benzene rings is 2. The molecule has 0 unspecified atom stereocenters. The highest BCUT2D eigenvalue weighted by atomic mass is 16.2. The maximum atomic E-state index is 13.7. The predicted octanol–water partition coefficient (Wildman–Crippen LogP) is 4.10. The molecule has 0 bridgehead atoms. The molecule has 1 spiro atoms. The van der Waals surface area contributed by atoms with Gasteiger partial charge in [0.25, 0.3) is 5.91 Å². The Kier molecular flexibility index (Phi) is 4.47. The molecule has 2 aromatic rings. The molecule has 3 aliphatic rings. The van der Waals surface area contributed by atoms with Crippen molar-refractivity contribution in [1.82, 2.24) is 4.90 Å². The number of nitrogens with one attached hydrogen (secondary N) is 1. The fraction of sp³-hybridized carbons (Fsp3) is 0.440. The topological polar surface area (TPSA) is 52.7 Å². The van der Waals surface area contributed by atoms with E-state index in [9.17, 15) is 9.59 Å². The lowest BCUT2D eigenvalue weighted by Gasteiger charge is -2.37. The molecule has 5 rings (SSSR count). The molecule has 2 fully saturated rings. The zero-order chi connectivity index (χ0) is 21.0. The average Bonchev–Trinajstić information content (AvgIpc) is 3.39. The fourth-order valence-electron chi connectivity index (χ4n) is 5.85. The van der Waals surface area contributed by atoms with Crippen LogP contribution in [0.15, 0.2) is 48.5 Å².